The van der Waals surface area contributed by atoms with Crippen molar-refractivity contribution in [3.05, 3.63) is 0 Å². The number of rotatable bonds is 0. The van der Waals surface area contributed by atoms with Gasteiger partial charge in [0.2, 0.25) is 0 Å². The monoisotopic (exact) mass is 201 g/mol. The Kier molecular flexibility index (Phi) is 2.97. The fraction of sp³-hybridized carbons (Fsp3) is 1.00. The highest BCUT2D eigenvalue weighted by Gasteiger charge is 2.43. The molecule has 1 saturated heterocycles. The molecule has 1 aliphatic rings. The van der Waals surface area contributed by atoms with E-state index in [0.717, 1.165) is 6.54 Å². The minimum absolute atomic E-state index is 0.0828. The number of halogens is 1. The van der Waals surface area contributed by atoms with Crippen LogP contribution < -0.4 is 0 Å². The molecule has 1 fully saturated rings. The van der Waals surface area contributed by atoms with Gasteiger partial charge in [-0.3, -0.25) is 4.90 Å². The van der Waals surface area contributed by atoms with Gasteiger partial charge in [0.15, 0.2) is 0 Å². The smallest absolute Gasteiger partial charge is 0.117 e. The lowest BCUT2D eigenvalue weighted by molar-refractivity contribution is 0.145. The summed E-state index contributed by atoms with van der Waals surface area (Å²) >= 11 is 0. The molecule has 0 unspecified atom stereocenters. The van der Waals surface area contributed by atoms with E-state index in [0.29, 0.717) is 6.54 Å². The Bertz CT molecular complexity index is 199. The third-order valence-electron chi connectivity index (χ3n) is 3.31. The highest BCUT2D eigenvalue weighted by molar-refractivity contribution is 4.94. The van der Waals surface area contributed by atoms with Crippen LogP contribution in [0.25, 0.3) is 0 Å². The molecular formula is C12H24FN. The molecule has 0 bridgehead atoms. The van der Waals surface area contributed by atoms with Gasteiger partial charge in [-0.15, -0.1) is 0 Å². The maximum Gasteiger partial charge on any atom is 0.117 e. The molecule has 1 heterocycles. The Morgan fingerprint density at radius 1 is 1.00 bits per heavy atom. The van der Waals surface area contributed by atoms with Gasteiger partial charge in [0.1, 0.15) is 6.17 Å². The van der Waals surface area contributed by atoms with Crippen LogP contribution in [0.2, 0.25) is 0 Å². The van der Waals surface area contributed by atoms with Crippen LogP contribution in [0.3, 0.4) is 0 Å². The average Bonchev–Trinajstić information content (AvgIpc) is 2.27. The quantitative estimate of drug-likeness (QED) is 0.582. The van der Waals surface area contributed by atoms with Crippen molar-refractivity contribution >= 4 is 0 Å². The van der Waals surface area contributed by atoms with Crippen LogP contribution in [0.4, 0.5) is 4.39 Å². The van der Waals surface area contributed by atoms with Gasteiger partial charge >= 0.3 is 0 Å². The van der Waals surface area contributed by atoms with Crippen molar-refractivity contribution in [2.75, 3.05) is 13.1 Å². The first-order chi connectivity index (χ1) is 6.12. The topological polar surface area (TPSA) is 3.24 Å². The van der Waals surface area contributed by atoms with Crippen LogP contribution in [0.5, 0.6) is 0 Å². The van der Waals surface area contributed by atoms with Gasteiger partial charge in [0, 0.05) is 24.5 Å². The molecule has 2 heteroatoms. The lowest BCUT2D eigenvalue weighted by atomic mass is 9.79. The summed E-state index contributed by atoms with van der Waals surface area (Å²) in [5.41, 5.74) is 0.184. The first-order valence-corrected chi connectivity index (χ1v) is 5.51. The van der Waals surface area contributed by atoms with Crippen molar-refractivity contribution in [3.63, 3.8) is 0 Å². The summed E-state index contributed by atoms with van der Waals surface area (Å²) in [4.78, 5) is 2.26. The first-order valence-electron chi connectivity index (χ1n) is 5.51. The fourth-order valence-corrected chi connectivity index (χ4v) is 2.13. The molecule has 1 aliphatic heterocycles. The molecule has 0 saturated carbocycles. The number of likely N-dealkylation sites (tertiary alicyclic amines) is 1. The SMILES string of the molecule is CC(C)(C)[C@@H]1CN(C(C)(C)C)C[C@@H]1F. The highest BCUT2D eigenvalue weighted by atomic mass is 19.1. The minimum Gasteiger partial charge on any atom is -0.295 e. The molecule has 1 rings (SSSR count). The van der Waals surface area contributed by atoms with Gasteiger partial charge < -0.3 is 0 Å². The molecule has 0 aromatic heterocycles. The molecule has 0 radical (unpaired) electrons. The third-order valence-corrected chi connectivity index (χ3v) is 3.31. The summed E-state index contributed by atoms with van der Waals surface area (Å²) in [5.74, 6) is 0.182. The Hall–Kier alpha value is -0.110. The van der Waals surface area contributed by atoms with Crippen LogP contribution in [0, 0.1) is 11.3 Å². The zero-order valence-electron chi connectivity index (χ0n) is 10.4. The Balaban J connectivity index is 2.70. The van der Waals surface area contributed by atoms with Crippen molar-refractivity contribution in [1.82, 2.24) is 4.90 Å². The molecule has 0 spiro atoms. The minimum atomic E-state index is -0.658. The lowest BCUT2D eigenvalue weighted by Crippen LogP contribution is -2.40. The number of hydrogen-bond acceptors (Lipinski definition) is 1. The Morgan fingerprint density at radius 3 is 1.71 bits per heavy atom. The molecule has 0 N–H and O–H groups in total. The average molecular weight is 201 g/mol. The van der Waals surface area contributed by atoms with E-state index < -0.39 is 6.17 Å². The van der Waals surface area contributed by atoms with Gasteiger partial charge in [0.25, 0.3) is 0 Å². The van der Waals surface area contributed by atoms with E-state index in [1.165, 1.54) is 0 Å². The molecule has 1 nitrogen and oxygen atoms in total. The summed E-state index contributed by atoms with van der Waals surface area (Å²) in [5, 5.41) is 0. The lowest BCUT2D eigenvalue weighted by Gasteiger charge is -2.33. The van der Waals surface area contributed by atoms with Crippen LogP contribution in [-0.2, 0) is 0 Å². The van der Waals surface area contributed by atoms with E-state index >= 15 is 0 Å². The second-order valence-corrected chi connectivity index (χ2v) is 6.56. The largest absolute Gasteiger partial charge is 0.295 e. The van der Waals surface area contributed by atoms with E-state index in [2.05, 4.69) is 46.4 Å². The molecule has 0 amide bonds. The zero-order valence-corrected chi connectivity index (χ0v) is 10.4. The second kappa shape index (κ2) is 3.48. The van der Waals surface area contributed by atoms with Gasteiger partial charge in [-0.1, -0.05) is 20.8 Å². The molecule has 0 aromatic carbocycles. The summed E-state index contributed by atoms with van der Waals surface area (Å²) in [6.07, 6.45) is -0.658. The van der Waals surface area contributed by atoms with Gasteiger partial charge in [0.05, 0.1) is 0 Å². The molecule has 2 atom stereocenters. The number of hydrogen-bond donors (Lipinski definition) is 0. The van der Waals surface area contributed by atoms with Gasteiger partial charge in [-0.2, -0.15) is 0 Å². The zero-order chi connectivity index (χ0) is 11.1. The summed E-state index contributed by atoms with van der Waals surface area (Å²) in [6, 6.07) is 0. The van der Waals surface area contributed by atoms with Crippen LogP contribution in [0.1, 0.15) is 41.5 Å². The van der Waals surface area contributed by atoms with Gasteiger partial charge in [-0.05, 0) is 26.2 Å². The van der Waals surface area contributed by atoms with Crippen molar-refractivity contribution in [3.8, 4) is 0 Å². The van der Waals surface area contributed by atoms with Crippen molar-refractivity contribution in [2.24, 2.45) is 11.3 Å². The second-order valence-electron chi connectivity index (χ2n) is 6.56. The number of alkyl halides is 1. The summed E-state index contributed by atoms with van der Waals surface area (Å²) < 4.78 is 13.8. The molecule has 14 heavy (non-hydrogen) atoms. The standard InChI is InChI=1S/C12H24FN/c1-11(2,3)9-7-14(8-10(9)13)12(4,5)6/h9-10H,7-8H2,1-6H3/t9-,10+/m1/s1. The molecule has 84 valence electrons. The molecule has 0 aromatic rings. The summed E-state index contributed by atoms with van der Waals surface area (Å²) in [6.45, 7) is 14.4. The first kappa shape index (κ1) is 12.0. The Labute approximate surface area is 87.7 Å². The fourth-order valence-electron chi connectivity index (χ4n) is 2.13. The van der Waals surface area contributed by atoms with E-state index in [1.807, 2.05) is 0 Å². The third kappa shape index (κ3) is 2.47. The van der Waals surface area contributed by atoms with Crippen LogP contribution in [0.15, 0.2) is 0 Å². The van der Waals surface area contributed by atoms with Crippen molar-refractivity contribution in [1.29, 1.82) is 0 Å². The molecular weight excluding hydrogens is 177 g/mol. The van der Waals surface area contributed by atoms with Crippen molar-refractivity contribution < 1.29 is 4.39 Å². The Morgan fingerprint density at radius 2 is 1.50 bits per heavy atom. The maximum absolute atomic E-state index is 13.8. The van der Waals surface area contributed by atoms with Crippen molar-refractivity contribution in [2.45, 2.75) is 53.3 Å². The van der Waals surface area contributed by atoms with E-state index in [4.69, 9.17) is 0 Å². The normalized spacial score (nSPS) is 31.1. The highest BCUT2D eigenvalue weighted by Crippen LogP contribution is 2.37. The maximum atomic E-state index is 13.8. The molecule has 0 aliphatic carbocycles. The van der Waals surface area contributed by atoms with E-state index in [-0.39, 0.29) is 16.9 Å². The van der Waals surface area contributed by atoms with E-state index in [9.17, 15) is 4.39 Å². The van der Waals surface area contributed by atoms with Gasteiger partial charge in [-0.25, -0.2) is 4.39 Å². The van der Waals surface area contributed by atoms with Crippen LogP contribution in [-0.4, -0.2) is 29.7 Å². The van der Waals surface area contributed by atoms with Crippen LogP contribution >= 0.6 is 0 Å². The summed E-state index contributed by atoms with van der Waals surface area (Å²) in [7, 11) is 0. The number of nitrogens with zero attached hydrogens (tertiary/aromatic N) is 1. The predicted octanol–water partition coefficient (Wildman–Crippen LogP) is 3.10. The predicted molar refractivity (Wildman–Crippen MR) is 59.2 cm³/mol. The van der Waals surface area contributed by atoms with E-state index in [1.54, 1.807) is 0 Å².